The van der Waals surface area contributed by atoms with E-state index in [0.29, 0.717) is 13.0 Å². The Hall–Kier alpha value is -1.27. The molecule has 19 heavy (non-hydrogen) atoms. The van der Waals surface area contributed by atoms with Crippen LogP contribution in [0.25, 0.3) is 0 Å². The number of ether oxygens (including phenoxy) is 1. The van der Waals surface area contributed by atoms with Gasteiger partial charge < -0.3 is 14.7 Å². The van der Waals surface area contributed by atoms with Crippen LogP contribution >= 0.6 is 0 Å². The number of likely N-dealkylation sites (N-methyl/N-ethyl adjacent to an activating group) is 1. The summed E-state index contributed by atoms with van der Waals surface area (Å²) < 4.78 is 40.1. The third kappa shape index (κ3) is 5.94. The lowest BCUT2D eigenvalue weighted by atomic mass is 10.1. The fraction of sp³-hybridized carbons (Fsp3) is 0.538. The van der Waals surface area contributed by atoms with Crippen LogP contribution in [0, 0.1) is 0 Å². The Labute approximate surface area is 110 Å². The van der Waals surface area contributed by atoms with Gasteiger partial charge in [0.2, 0.25) is 0 Å². The van der Waals surface area contributed by atoms with Crippen LogP contribution < -0.4 is 4.74 Å². The Bertz CT molecular complexity index is 396. The molecule has 6 heteroatoms. The van der Waals surface area contributed by atoms with Gasteiger partial charge >= 0.3 is 6.36 Å². The molecule has 0 bridgehead atoms. The van der Waals surface area contributed by atoms with Gasteiger partial charge in [0.1, 0.15) is 5.75 Å². The predicted molar refractivity (Wildman–Crippen MR) is 66.0 cm³/mol. The van der Waals surface area contributed by atoms with E-state index < -0.39 is 6.36 Å². The fourth-order valence-corrected chi connectivity index (χ4v) is 1.56. The van der Waals surface area contributed by atoms with Crippen LogP contribution in [0.4, 0.5) is 13.2 Å². The van der Waals surface area contributed by atoms with Gasteiger partial charge in [0.05, 0.1) is 6.61 Å². The van der Waals surface area contributed by atoms with Crippen molar-refractivity contribution >= 4 is 0 Å². The first-order chi connectivity index (χ1) is 8.81. The van der Waals surface area contributed by atoms with Crippen LogP contribution in [0.3, 0.4) is 0 Å². The van der Waals surface area contributed by atoms with E-state index >= 15 is 0 Å². The van der Waals surface area contributed by atoms with Crippen LogP contribution in [0.5, 0.6) is 5.75 Å². The molecule has 3 nitrogen and oxygen atoms in total. The van der Waals surface area contributed by atoms with Gasteiger partial charge in [-0.2, -0.15) is 0 Å². The zero-order valence-electron chi connectivity index (χ0n) is 10.9. The maximum Gasteiger partial charge on any atom is 0.573 e. The van der Waals surface area contributed by atoms with Gasteiger partial charge in [-0.3, -0.25) is 0 Å². The minimum atomic E-state index is -4.67. The molecular weight excluding hydrogens is 259 g/mol. The first kappa shape index (κ1) is 15.8. The summed E-state index contributed by atoms with van der Waals surface area (Å²) in [5.41, 5.74) is 0.763. The topological polar surface area (TPSA) is 32.7 Å². The van der Waals surface area contributed by atoms with Crippen LogP contribution in [-0.2, 0) is 6.42 Å². The average molecular weight is 277 g/mol. The van der Waals surface area contributed by atoms with Crippen LogP contribution in [0.2, 0.25) is 0 Å². The Morgan fingerprint density at radius 2 is 2.05 bits per heavy atom. The molecule has 1 N–H and O–H groups in total. The molecule has 0 amide bonds. The van der Waals surface area contributed by atoms with Crippen molar-refractivity contribution < 1.29 is 23.0 Å². The van der Waals surface area contributed by atoms with Crippen LogP contribution in [0.15, 0.2) is 24.3 Å². The molecule has 0 saturated carbocycles. The van der Waals surface area contributed by atoms with Crippen molar-refractivity contribution in [2.24, 2.45) is 0 Å². The van der Waals surface area contributed by atoms with Crippen molar-refractivity contribution in [1.82, 2.24) is 4.90 Å². The molecule has 0 aliphatic carbocycles. The van der Waals surface area contributed by atoms with E-state index in [4.69, 9.17) is 5.11 Å². The number of hydrogen-bond donors (Lipinski definition) is 1. The smallest absolute Gasteiger partial charge is 0.406 e. The summed E-state index contributed by atoms with van der Waals surface area (Å²) in [4.78, 5) is 1.94. The largest absolute Gasteiger partial charge is 0.573 e. The second kappa shape index (κ2) is 6.77. The van der Waals surface area contributed by atoms with Gasteiger partial charge in [-0.25, -0.2) is 0 Å². The highest BCUT2D eigenvalue weighted by molar-refractivity contribution is 5.28. The maximum absolute atomic E-state index is 12.1. The van der Waals surface area contributed by atoms with Gasteiger partial charge in [0.15, 0.2) is 0 Å². The first-order valence-electron chi connectivity index (χ1n) is 5.97. The highest BCUT2D eigenvalue weighted by atomic mass is 19.4. The average Bonchev–Trinajstić information content (AvgIpc) is 2.33. The van der Waals surface area contributed by atoms with Crippen molar-refractivity contribution in [3.05, 3.63) is 29.8 Å². The van der Waals surface area contributed by atoms with E-state index in [0.717, 1.165) is 5.56 Å². The minimum Gasteiger partial charge on any atom is -0.406 e. The molecule has 0 aliphatic heterocycles. The number of rotatable bonds is 6. The summed E-state index contributed by atoms with van der Waals surface area (Å²) in [6.07, 6.45) is -4.07. The number of nitrogens with zero attached hydrogens (tertiary/aromatic N) is 1. The number of aliphatic hydroxyl groups is 1. The molecule has 0 fully saturated rings. The summed E-state index contributed by atoms with van der Waals surface area (Å²) >= 11 is 0. The predicted octanol–water partition coefficient (Wildman–Crippen LogP) is 2.44. The van der Waals surface area contributed by atoms with Crippen molar-refractivity contribution in [1.29, 1.82) is 0 Å². The van der Waals surface area contributed by atoms with E-state index in [1.165, 1.54) is 18.2 Å². The van der Waals surface area contributed by atoms with E-state index in [2.05, 4.69) is 4.74 Å². The fourth-order valence-electron chi connectivity index (χ4n) is 1.56. The lowest BCUT2D eigenvalue weighted by Crippen LogP contribution is -2.33. The zero-order valence-corrected chi connectivity index (χ0v) is 10.9. The third-order valence-corrected chi connectivity index (χ3v) is 2.90. The summed E-state index contributed by atoms with van der Waals surface area (Å²) in [5.74, 6) is -0.206. The van der Waals surface area contributed by atoms with Gasteiger partial charge in [-0.15, -0.1) is 13.2 Å². The molecule has 1 atom stereocenters. The SMILES string of the molecule is CC(CO)N(C)CCc1cccc(OC(F)(F)F)c1. The van der Waals surface area contributed by atoms with E-state index in [1.807, 2.05) is 18.9 Å². The molecule has 1 rings (SSSR count). The molecule has 0 aliphatic rings. The number of aliphatic hydroxyl groups excluding tert-OH is 1. The first-order valence-corrected chi connectivity index (χ1v) is 5.97. The van der Waals surface area contributed by atoms with Crippen LogP contribution in [-0.4, -0.2) is 42.6 Å². The quantitative estimate of drug-likeness (QED) is 0.867. The number of alkyl halides is 3. The van der Waals surface area contributed by atoms with Crippen molar-refractivity contribution in [2.75, 3.05) is 20.2 Å². The molecule has 108 valence electrons. The Morgan fingerprint density at radius 3 is 2.63 bits per heavy atom. The molecule has 0 aromatic heterocycles. The van der Waals surface area contributed by atoms with Gasteiger partial charge in [0, 0.05) is 12.6 Å². The van der Waals surface area contributed by atoms with Gasteiger partial charge in [-0.1, -0.05) is 12.1 Å². The normalized spacial score (nSPS) is 13.6. The molecule has 0 spiro atoms. The Morgan fingerprint density at radius 1 is 1.37 bits per heavy atom. The maximum atomic E-state index is 12.1. The summed E-state index contributed by atoms with van der Waals surface area (Å²) in [6.45, 7) is 2.58. The highest BCUT2D eigenvalue weighted by Gasteiger charge is 2.31. The number of halogens is 3. The van der Waals surface area contributed by atoms with E-state index in [9.17, 15) is 13.2 Å². The standard InChI is InChI=1S/C13H18F3NO2/c1-10(9-18)17(2)7-6-11-4-3-5-12(8-11)19-13(14,15)16/h3-5,8,10,18H,6-7,9H2,1-2H3. The molecule has 0 radical (unpaired) electrons. The molecular formula is C13H18F3NO2. The molecule has 1 aromatic rings. The number of benzene rings is 1. The monoisotopic (exact) mass is 277 g/mol. The van der Waals surface area contributed by atoms with E-state index in [1.54, 1.807) is 6.07 Å². The van der Waals surface area contributed by atoms with Crippen LogP contribution in [0.1, 0.15) is 12.5 Å². The summed E-state index contributed by atoms with van der Waals surface area (Å²) in [5, 5.41) is 8.99. The van der Waals surface area contributed by atoms with Crippen molar-refractivity contribution in [3.8, 4) is 5.75 Å². The number of hydrogen-bond acceptors (Lipinski definition) is 3. The molecule has 0 saturated heterocycles. The summed E-state index contributed by atoms with van der Waals surface area (Å²) in [6, 6.07) is 5.96. The van der Waals surface area contributed by atoms with Crippen molar-refractivity contribution in [3.63, 3.8) is 0 Å². The van der Waals surface area contributed by atoms with Gasteiger partial charge in [-0.05, 0) is 38.1 Å². The molecule has 1 aromatic carbocycles. The Kier molecular flexibility index (Phi) is 5.62. The third-order valence-electron chi connectivity index (χ3n) is 2.90. The highest BCUT2D eigenvalue weighted by Crippen LogP contribution is 2.23. The zero-order chi connectivity index (χ0) is 14.5. The second-order valence-electron chi connectivity index (χ2n) is 4.46. The van der Waals surface area contributed by atoms with Gasteiger partial charge in [0.25, 0.3) is 0 Å². The van der Waals surface area contributed by atoms with Crippen molar-refractivity contribution in [2.45, 2.75) is 25.7 Å². The molecule has 0 heterocycles. The molecule has 1 unspecified atom stereocenters. The lowest BCUT2D eigenvalue weighted by Gasteiger charge is -2.22. The Balaban J connectivity index is 2.58. The minimum absolute atomic E-state index is 0.0228. The van der Waals surface area contributed by atoms with E-state index in [-0.39, 0.29) is 18.4 Å². The second-order valence-corrected chi connectivity index (χ2v) is 4.46. The lowest BCUT2D eigenvalue weighted by molar-refractivity contribution is -0.274. The summed E-state index contributed by atoms with van der Waals surface area (Å²) in [7, 11) is 1.86.